The smallest absolute Gasteiger partial charge is 0.231 e. The van der Waals surface area contributed by atoms with E-state index in [4.69, 9.17) is 9.47 Å². The van der Waals surface area contributed by atoms with Gasteiger partial charge in [0.15, 0.2) is 17.8 Å². The number of H-pyrrole nitrogens is 1. The number of aldehydes is 1. The van der Waals surface area contributed by atoms with E-state index in [0.29, 0.717) is 5.56 Å². The van der Waals surface area contributed by atoms with Crippen LogP contribution in [0.2, 0.25) is 0 Å². The average Bonchev–Trinajstić information content (AvgIpc) is 3.01. The number of benzene rings is 1. The summed E-state index contributed by atoms with van der Waals surface area (Å²) in [7, 11) is 0. The first kappa shape index (κ1) is 11.8. The molecule has 1 aromatic heterocycles. The molecule has 98 valence electrons. The molecule has 0 fully saturated rings. The number of ether oxygens (including phenoxy) is 2. The van der Waals surface area contributed by atoms with Crippen LogP contribution in [0, 0.1) is 6.92 Å². The molecule has 3 rings (SSSR count). The van der Waals surface area contributed by atoms with Gasteiger partial charge in [-0.1, -0.05) is 6.07 Å². The number of nitrogens with one attached hydrogen (secondary N) is 1. The zero-order valence-corrected chi connectivity index (χ0v) is 10.6. The van der Waals surface area contributed by atoms with E-state index < -0.39 is 0 Å². The molecule has 2 aromatic rings. The summed E-state index contributed by atoms with van der Waals surface area (Å²) < 4.78 is 10.6. The number of rotatable bonds is 4. The number of aromatic nitrogens is 2. The molecule has 0 amide bonds. The second-order valence-corrected chi connectivity index (χ2v) is 4.51. The van der Waals surface area contributed by atoms with Crippen LogP contribution in [0.5, 0.6) is 11.5 Å². The van der Waals surface area contributed by atoms with Crippen LogP contribution in [0.3, 0.4) is 0 Å². The Morgan fingerprint density at radius 1 is 1.32 bits per heavy atom. The molecule has 1 aliphatic heterocycles. The van der Waals surface area contributed by atoms with Crippen LogP contribution >= 0.6 is 0 Å². The van der Waals surface area contributed by atoms with Crippen molar-refractivity contribution in [2.45, 2.75) is 19.8 Å². The van der Waals surface area contributed by atoms with Gasteiger partial charge in [-0.2, -0.15) is 5.10 Å². The Morgan fingerprint density at radius 2 is 2.16 bits per heavy atom. The minimum absolute atomic E-state index is 0.284. The Labute approximate surface area is 110 Å². The first-order valence-electron chi connectivity index (χ1n) is 6.15. The van der Waals surface area contributed by atoms with Gasteiger partial charge in [0, 0.05) is 5.69 Å². The van der Waals surface area contributed by atoms with Gasteiger partial charge in [-0.25, -0.2) is 0 Å². The van der Waals surface area contributed by atoms with Crippen molar-refractivity contribution in [3.05, 3.63) is 40.7 Å². The van der Waals surface area contributed by atoms with E-state index in [-0.39, 0.29) is 6.79 Å². The molecular weight excluding hydrogens is 244 g/mol. The van der Waals surface area contributed by atoms with E-state index in [2.05, 4.69) is 10.2 Å². The van der Waals surface area contributed by atoms with E-state index in [0.717, 1.165) is 47.6 Å². The highest BCUT2D eigenvalue weighted by molar-refractivity contribution is 5.78. The first-order valence-corrected chi connectivity index (χ1v) is 6.15. The van der Waals surface area contributed by atoms with Crippen LogP contribution in [-0.2, 0) is 12.8 Å². The summed E-state index contributed by atoms with van der Waals surface area (Å²) >= 11 is 0. The highest BCUT2D eigenvalue weighted by atomic mass is 16.7. The highest BCUT2D eigenvalue weighted by Gasteiger charge is 2.14. The predicted molar refractivity (Wildman–Crippen MR) is 68.7 cm³/mol. The molecule has 0 saturated heterocycles. The summed E-state index contributed by atoms with van der Waals surface area (Å²) in [6.07, 6.45) is 2.38. The zero-order valence-electron chi connectivity index (χ0n) is 10.6. The molecule has 0 saturated carbocycles. The number of aromatic amines is 1. The largest absolute Gasteiger partial charge is 0.454 e. The molecular formula is C14H14N2O3. The minimum Gasteiger partial charge on any atom is -0.454 e. The fourth-order valence-corrected chi connectivity index (χ4v) is 2.19. The monoisotopic (exact) mass is 258 g/mol. The third kappa shape index (κ3) is 2.19. The van der Waals surface area contributed by atoms with Gasteiger partial charge < -0.3 is 9.47 Å². The van der Waals surface area contributed by atoms with E-state index in [1.807, 2.05) is 25.1 Å². The number of nitrogens with zero attached hydrogens (tertiary/aromatic N) is 1. The van der Waals surface area contributed by atoms with Crippen molar-refractivity contribution < 1.29 is 14.3 Å². The molecule has 0 unspecified atom stereocenters. The normalized spacial score (nSPS) is 12.7. The third-order valence-corrected chi connectivity index (χ3v) is 3.28. The molecule has 5 heteroatoms. The second kappa shape index (κ2) is 4.76. The lowest BCUT2D eigenvalue weighted by Gasteiger charge is -2.02. The maximum absolute atomic E-state index is 11.0. The summed E-state index contributed by atoms with van der Waals surface area (Å²) in [4.78, 5) is 11.0. The van der Waals surface area contributed by atoms with Crippen molar-refractivity contribution in [2.24, 2.45) is 0 Å². The number of fused-ring (bicyclic) bond motifs is 1. The van der Waals surface area contributed by atoms with Crippen LogP contribution < -0.4 is 9.47 Å². The highest BCUT2D eigenvalue weighted by Crippen LogP contribution is 2.32. The van der Waals surface area contributed by atoms with Crippen LogP contribution in [0.1, 0.15) is 27.3 Å². The quantitative estimate of drug-likeness (QED) is 0.852. The van der Waals surface area contributed by atoms with Gasteiger partial charge in [0.1, 0.15) is 0 Å². The van der Waals surface area contributed by atoms with Gasteiger partial charge in [-0.3, -0.25) is 9.89 Å². The lowest BCUT2D eigenvalue weighted by Crippen LogP contribution is -1.96. The maximum atomic E-state index is 11.0. The summed E-state index contributed by atoms with van der Waals surface area (Å²) in [5.74, 6) is 1.57. The van der Waals surface area contributed by atoms with Crippen LogP contribution in [-0.4, -0.2) is 23.3 Å². The molecule has 0 aliphatic carbocycles. The number of carbonyl (C=O) groups is 1. The van der Waals surface area contributed by atoms with Crippen LogP contribution in [0.25, 0.3) is 0 Å². The lowest BCUT2D eigenvalue weighted by molar-refractivity contribution is 0.112. The number of hydrogen-bond acceptors (Lipinski definition) is 4. The summed E-state index contributed by atoms with van der Waals surface area (Å²) in [6.45, 7) is 2.13. The topological polar surface area (TPSA) is 64.2 Å². The molecule has 0 radical (unpaired) electrons. The Balaban J connectivity index is 1.74. The van der Waals surface area contributed by atoms with Crippen molar-refractivity contribution in [1.29, 1.82) is 0 Å². The second-order valence-electron chi connectivity index (χ2n) is 4.51. The Hall–Kier alpha value is -2.30. The molecule has 19 heavy (non-hydrogen) atoms. The van der Waals surface area contributed by atoms with Gasteiger partial charge in [0.2, 0.25) is 6.79 Å². The Kier molecular flexibility index (Phi) is 2.95. The summed E-state index contributed by atoms with van der Waals surface area (Å²) in [5.41, 5.74) is 3.43. The summed E-state index contributed by atoms with van der Waals surface area (Å²) in [5, 5.41) is 7.00. The fraction of sp³-hybridized carbons (Fsp3) is 0.286. The first-order chi connectivity index (χ1) is 9.28. The fourth-order valence-electron chi connectivity index (χ4n) is 2.19. The maximum Gasteiger partial charge on any atom is 0.231 e. The van der Waals surface area contributed by atoms with E-state index in [9.17, 15) is 4.79 Å². The van der Waals surface area contributed by atoms with Gasteiger partial charge in [0.05, 0.1) is 11.3 Å². The molecule has 5 nitrogen and oxygen atoms in total. The minimum atomic E-state index is 0.284. The molecule has 0 atom stereocenters. The summed E-state index contributed by atoms with van der Waals surface area (Å²) in [6, 6.07) is 5.89. The molecule has 1 aromatic carbocycles. The van der Waals surface area contributed by atoms with Crippen molar-refractivity contribution >= 4 is 6.29 Å². The number of carbonyl (C=O) groups excluding carboxylic acids is 1. The van der Waals surface area contributed by atoms with Crippen molar-refractivity contribution in [3.63, 3.8) is 0 Å². The third-order valence-electron chi connectivity index (χ3n) is 3.28. The lowest BCUT2D eigenvalue weighted by atomic mass is 10.0. The van der Waals surface area contributed by atoms with Gasteiger partial charge in [-0.05, 0) is 37.5 Å². The predicted octanol–water partition coefficient (Wildman–Crippen LogP) is 2.04. The van der Waals surface area contributed by atoms with Gasteiger partial charge in [0.25, 0.3) is 0 Å². The number of hydrogen-bond donors (Lipinski definition) is 1. The Bertz CT molecular complexity index is 619. The Morgan fingerprint density at radius 3 is 3.00 bits per heavy atom. The molecule has 1 N–H and O–H groups in total. The van der Waals surface area contributed by atoms with Crippen LogP contribution in [0.15, 0.2) is 18.2 Å². The van der Waals surface area contributed by atoms with Gasteiger partial charge in [-0.15, -0.1) is 0 Å². The molecule has 1 aliphatic rings. The zero-order chi connectivity index (χ0) is 13.2. The number of aryl methyl sites for hydroxylation is 3. The molecule has 0 bridgehead atoms. The van der Waals surface area contributed by atoms with E-state index >= 15 is 0 Å². The standard InChI is InChI=1S/C14H14N2O3/c1-9-11(7-17)12(16-15-9)4-2-10-3-5-13-14(6-10)19-8-18-13/h3,5-7H,2,4,8H2,1H3,(H,15,16). The molecule has 2 heterocycles. The van der Waals surface area contributed by atoms with Crippen molar-refractivity contribution in [1.82, 2.24) is 10.2 Å². The molecule has 0 spiro atoms. The van der Waals surface area contributed by atoms with Crippen LogP contribution in [0.4, 0.5) is 0 Å². The van der Waals surface area contributed by atoms with Crippen molar-refractivity contribution in [2.75, 3.05) is 6.79 Å². The van der Waals surface area contributed by atoms with E-state index in [1.165, 1.54) is 0 Å². The van der Waals surface area contributed by atoms with Crippen molar-refractivity contribution in [3.8, 4) is 11.5 Å². The SMILES string of the molecule is Cc1[nH]nc(CCc2ccc3c(c2)OCO3)c1C=O. The van der Waals surface area contributed by atoms with Gasteiger partial charge >= 0.3 is 0 Å². The average molecular weight is 258 g/mol. The van der Waals surface area contributed by atoms with E-state index in [1.54, 1.807) is 0 Å².